The van der Waals surface area contributed by atoms with Crippen LogP contribution in [-0.2, 0) is 11.3 Å². The van der Waals surface area contributed by atoms with Crippen LogP contribution in [0.1, 0.15) is 11.3 Å². The van der Waals surface area contributed by atoms with Crippen molar-refractivity contribution in [2.45, 2.75) is 18.6 Å². The summed E-state index contributed by atoms with van der Waals surface area (Å²) in [4.78, 5) is 11.9. The van der Waals surface area contributed by atoms with Gasteiger partial charge < -0.3 is 9.73 Å². The Hall–Kier alpha value is -2.61. The summed E-state index contributed by atoms with van der Waals surface area (Å²) in [6.07, 6.45) is 1.58. The van der Waals surface area contributed by atoms with Crippen molar-refractivity contribution >= 4 is 17.7 Å². The zero-order chi connectivity index (χ0) is 16.1. The molecule has 0 aliphatic rings. The molecule has 2 aromatic heterocycles. The second-order valence-electron chi connectivity index (χ2n) is 4.86. The number of benzene rings is 1. The van der Waals surface area contributed by atoms with E-state index >= 15 is 0 Å². The number of amides is 1. The van der Waals surface area contributed by atoms with Crippen molar-refractivity contribution in [2.24, 2.45) is 0 Å². The third-order valence-electron chi connectivity index (χ3n) is 3.06. The van der Waals surface area contributed by atoms with E-state index in [-0.39, 0.29) is 11.7 Å². The van der Waals surface area contributed by atoms with Crippen molar-refractivity contribution in [1.29, 1.82) is 0 Å². The van der Waals surface area contributed by atoms with Gasteiger partial charge in [0.15, 0.2) is 0 Å². The normalized spacial score (nSPS) is 10.7. The number of nitrogens with one attached hydrogen (secondary N) is 1. The highest BCUT2D eigenvalue weighted by Crippen LogP contribution is 2.18. The molecule has 2 heterocycles. The van der Waals surface area contributed by atoms with Gasteiger partial charge in [0.25, 0.3) is 0 Å². The zero-order valence-electron chi connectivity index (χ0n) is 12.5. The van der Waals surface area contributed by atoms with Crippen molar-refractivity contribution in [3.8, 4) is 5.69 Å². The molecule has 0 aliphatic heterocycles. The van der Waals surface area contributed by atoms with Gasteiger partial charge in [0.05, 0.1) is 24.2 Å². The molecule has 3 rings (SSSR count). The van der Waals surface area contributed by atoms with Crippen LogP contribution < -0.4 is 5.32 Å². The molecule has 0 saturated heterocycles. The fourth-order valence-corrected chi connectivity index (χ4v) is 2.69. The number of rotatable bonds is 6. The van der Waals surface area contributed by atoms with Crippen molar-refractivity contribution in [3.63, 3.8) is 0 Å². The topological polar surface area (TPSA) is 85.8 Å². The first-order valence-electron chi connectivity index (χ1n) is 6.99. The summed E-state index contributed by atoms with van der Waals surface area (Å²) >= 11 is 1.28. The van der Waals surface area contributed by atoms with E-state index in [9.17, 15) is 4.79 Å². The standard InChI is InChI=1S/C15H15N5O2S/c1-11-4-2-5-12(8-11)20-15(17-18-19-20)23-10-14(21)16-9-13-6-3-7-22-13/h2-8H,9-10H2,1H3,(H,16,21). The van der Waals surface area contributed by atoms with E-state index in [1.807, 2.05) is 37.3 Å². The summed E-state index contributed by atoms with van der Waals surface area (Å²) in [6, 6.07) is 11.4. The van der Waals surface area contributed by atoms with Gasteiger partial charge in [0.1, 0.15) is 5.76 Å². The van der Waals surface area contributed by atoms with Crippen molar-refractivity contribution in [1.82, 2.24) is 25.5 Å². The second kappa shape index (κ2) is 7.10. The molecule has 0 spiro atoms. The number of carbonyl (C=O) groups is 1. The Bertz CT molecular complexity index is 785. The predicted molar refractivity (Wildman–Crippen MR) is 85.2 cm³/mol. The Balaban J connectivity index is 1.58. The molecule has 1 amide bonds. The largest absolute Gasteiger partial charge is 0.467 e. The molecule has 0 aliphatic carbocycles. The second-order valence-corrected chi connectivity index (χ2v) is 5.80. The van der Waals surface area contributed by atoms with Crippen LogP contribution >= 0.6 is 11.8 Å². The number of aryl methyl sites for hydroxylation is 1. The highest BCUT2D eigenvalue weighted by molar-refractivity contribution is 7.99. The number of aromatic nitrogens is 4. The van der Waals surface area contributed by atoms with Gasteiger partial charge in [-0.15, -0.1) is 5.10 Å². The van der Waals surface area contributed by atoms with Crippen LogP contribution in [0.2, 0.25) is 0 Å². The number of tetrazole rings is 1. The van der Waals surface area contributed by atoms with Crippen LogP contribution in [0.25, 0.3) is 5.69 Å². The molecule has 23 heavy (non-hydrogen) atoms. The summed E-state index contributed by atoms with van der Waals surface area (Å²) in [5, 5.41) is 15.0. The number of hydrogen-bond acceptors (Lipinski definition) is 6. The molecule has 7 nitrogen and oxygen atoms in total. The molecular weight excluding hydrogens is 314 g/mol. The van der Waals surface area contributed by atoms with Crippen molar-refractivity contribution in [3.05, 3.63) is 54.0 Å². The predicted octanol–water partition coefficient (Wildman–Crippen LogP) is 1.97. The van der Waals surface area contributed by atoms with E-state index in [1.54, 1.807) is 17.0 Å². The van der Waals surface area contributed by atoms with Gasteiger partial charge in [0.2, 0.25) is 11.1 Å². The zero-order valence-corrected chi connectivity index (χ0v) is 13.3. The minimum absolute atomic E-state index is 0.106. The molecule has 8 heteroatoms. The van der Waals surface area contributed by atoms with Crippen molar-refractivity contribution in [2.75, 3.05) is 5.75 Å². The molecule has 3 aromatic rings. The Kier molecular flexibility index (Phi) is 4.72. The van der Waals surface area contributed by atoms with E-state index < -0.39 is 0 Å². The smallest absolute Gasteiger partial charge is 0.230 e. The van der Waals surface area contributed by atoms with Crippen LogP contribution in [0.4, 0.5) is 0 Å². The average Bonchev–Trinajstić information content (AvgIpc) is 3.22. The Morgan fingerprint density at radius 1 is 1.35 bits per heavy atom. The lowest BCUT2D eigenvalue weighted by molar-refractivity contribution is -0.118. The van der Waals surface area contributed by atoms with E-state index in [0.717, 1.165) is 11.3 Å². The molecule has 0 atom stereocenters. The van der Waals surface area contributed by atoms with E-state index in [0.29, 0.717) is 17.5 Å². The maximum Gasteiger partial charge on any atom is 0.230 e. The lowest BCUT2D eigenvalue weighted by Crippen LogP contribution is -2.24. The molecular formula is C15H15N5O2S. The number of thioether (sulfide) groups is 1. The number of nitrogens with zero attached hydrogens (tertiary/aromatic N) is 4. The maximum absolute atomic E-state index is 11.9. The van der Waals surface area contributed by atoms with Gasteiger partial charge in [-0.3, -0.25) is 4.79 Å². The molecule has 1 aromatic carbocycles. The first-order chi connectivity index (χ1) is 11.2. The van der Waals surface area contributed by atoms with Gasteiger partial charge in [-0.1, -0.05) is 23.9 Å². The number of furan rings is 1. The highest BCUT2D eigenvalue weighted by Gasteiger charge is 2.11. The van der Waals surface area contributed by atoms with Crippen LogP contribution in [0.5, 0.6) is 0 Å². The molecule has 0 unspecified atom stereocenters. The van der Waals surface area contributed by atoms with Crippen LogP contribution in [0.15, 0.2) is 52.2 Å². The number of hydrogen-bond donors (Lipinski definition) is 1. The molecule has 0 fully saturated rings. The summed E-state index contributed by atoms with van der Waals surface area (Å²) < 4.78 is 6.79. The average molecular weight is 329 g/mol. The van der Waals surface area contributed by atoms with Crippen LogP contribution in [0.3, 0.4) is 0 Å². The number of carbonyl (C=O) groups excluding carboxylic acids is 1. The van der Waals surface area contributed by atoms with Gasteiger partial charge >= 0.3 is 0 Å². The lowest BCUT2D eigenvalue weighted by atomic mass is 10.2. The quantitative estimate of drug-likeness (QED) is 0.696. The molecule has 0 bridgehead atoms. The van der Waals surface area contributed by atoms with Crippen LogP contribution in [-0.4, -0.2) is 31.9 Å². The Morgan fingerprint density at radius 3 is 3.04 bits per heavy atom. The maximum atomic E-state index is 11.9. The van der Waals surface area contributed by atoms with E-state index in [2.05, 4.69) is 20.8 Å². The van der Waals surface area contributed by atoms with Gasteiger partial charge in [-0.25, -0.2) is 0 Å². The Morgan fingerprint density at radius 2 is 2.26 bits per heavy atom. The van der Waals surface area contributed by atoms with Crippen LogP contribution in [0, 0.1) is 6.92 Å². The Labute approximate surface area is 137 Å². The third kappa shape index (κ3) is 3.98. The van der Waals surface area contributed by atoms with Gasteiger partial charge in [0, 0.05) is 0 Å². The first kappa shape index (κ1) is 15.3. The van der Waals surface area contributed by atoms with Crippen molar-refractivity contribution < 1.29 is 9.21 Å². The fraction of sp³-hybridized carbons (Fsp3) is 0.200. The summed E-state index contributed by atoms with van der Waals surface area (Å²) in [5.74, 6) is 0.838. The van der Waals surface area contributed by atoms with E-state index in [1.165, 1.54) is 11.8 Å². The van der Waals surface area contributed by atoms with Gasteiger partial charge in [-0.2, -0.15) is 4.68 Å². The SMILES string of the molecule is Cc1cccc(-n2nnnc2SCC(=O)NCc2ccco2)c1. The minimum Gasteiger partial charge on any atom is -0.467 e. The minimum atomic E-state index is -0.106. The van der Waals surface area contributed by atoms with E-state index in [4.69, 9.17) is 4.42 Å². The fourth-order valence-electron chi connectivity index (χ4n) is 1.97. The van der Waals surface area contributed by atoms with Gasteiger partial charge in [-0.05, 0) is 47.2 Å². The molecule has 0 radical (unpaired) electrons. The highest BCUT2D eigenvalue weighted by atomic mass is 32.2. The summed E-state index contributed by atoms with van der Waals surface area (Å²) in [6.45, 7) is 2.37. The lowest BCUT2D eigenvalue weighted by Gasteiger charge is -2.05. The molecule has 0 saturated carbocycles. The molecule has 1 N–H and O–H groups in total. The summed E-state index contributed by atoms with van der Waals surface area (Å²) in [5.41, 5.74) is 1.98. The monoisotopic (exact) mass is 329 g/mol. The summed E-state index contributed by atoms with van der Waals surface area (Å²) in [7, 11) is 0. The first-order valence-corrected chi connectivity index (χ1v) is 7.98. The molecule has 118 valence electrons. The third-order valence-corrected chi connectivity index (χ3v) is 3.98.